The molecule has 1 unspecified atom stereocenters. The SMILES string of the molecule is C=CCNCC(=O)NCC(C)OCC. The Labute approximate surface area is 85.7 Å². The Hall–Kier alpha value is -0.870. The first kappa shape index (κ1) is 13.1. The third-order valence-corrected chi connectivity index (χ3v) is 1.61. The van der Waals surface area contributed by atoms with E-state index in [1.54, 1.807) is 6.08 Å². The molecule has 14 heavy (non-hydrogen) atoms. The van der Waals surface area contributed by atoms with Gasteiger partial charge in [-0.05, 0) is 13.8 Å². The highest BCUT2D eigenvalue weighted by Gasteiger charge is 2.03. The number of amides is 1. The molecule has 0 spiro atoms. The van der Waals surface area contributed by atoms with Crippen molar-refractivity contribution in [3.05, 3.63) is 12.7 Å². The fraction of sp³-hybridized carbons (Fsp3) is 0.700. The molecular weight excluding hydrogens is 180 g/mol. The molecule has 0 aliphatic rings. The predicted molar refractivity (Wildman–Crippen MR) is 57.2 cm³/mol. The number of hydrogen-bond donors (Lipinski definition) is 2. The van der Waals surface area contributed by atoms with Crippen LogP contribution >= 0.6 is 0 Å². The van der Waals surface area contributed by atoms with Crippen LogP contribution in [0.5, 0.6) is 0 Å². The Balaban J connectivity index is 3.38. The minimum Gasteiger partial charge on any atom is -0.377 e. The van der Waals surface area contributed by atoms with E-state index in [2.05, 4.69) is 17.2 Å². The summed E-state index contributed by atoms with van der Waals surface area (Å²) in [7, 11) is 0. The summed E-state index contributed by atoms with van der Waals surface area (Å²) in [5.41, 5.74) is 0. The van der Waals surface area contributed by atoms with E-state index >= 15 is 0 Å². The molecule has 1 atom stereocenters. The monoisotopic (exact) mass is 200 g/mol. The van der Waals surface area contributed by atoms with Crippen LogP contribution in [0.3, 0.4) is 0 Å². The van der Waals surface area contributed by atoms with E-state index in [0.29, 0.717) is 26.2 Å². The average molecular weight is 200 g/mol. The van der Waals surface area contributed by atoms with Crippen LogP contribution in [0.25, 0.3) is 0 Å². The van der Waals surface area contributed by atoms with Gasteiger partial charge in [-0.15, -0.1) is 6.58 Å². The standard InChI is InChI=1S/C10H20N2O2/c1-4-6-11-8-10(13)12-7-9(3)14-5-2/h4,9,11H,1,5-8H2,2-3H3,(H,12,13). The molecule has 0 fully saturated rings. The zero-order chi connectivity index (χ0) is 10.8. The van der Waals surface area contributed by atoms with Gasteiger partial charge in [0, 0.05) is 19.7 Å². The third-order valence-electron chi connectivity index (χ3n) is 1.61. The van der Waals surface area contributed by atoms with Gasteiger partial charge < -0.3 is 15.4 Å². The lowest BCUT2D eigenvalue weighted by molar-refractivity contribution is -0.120. The molecule has 1 amide bonds. The number of ether oxygens (including phenoxy) is 1. The van der Waals surface area contributed by atoms with Gasteiger partial charge in [0.25, 0.3) is 0 Å². The molecule has 0 radical (unpaired) electrons. The van der Waals surface area contributed by atoms with Crippen molar-refractivity contribution in [1.29, 1.82) is 0 Å². The van der Waals surface area contributed by atoms with Crippen molar-refractivity contribution in [2.24, 2.45) is 0 Å². The van der Waals surface area contributed by atoms with Crippen LogP contribution in [0, 0.1) is 0 Å². The Bertz CT molecular complexity index is 172. The maximum atomic E-state index is 11.2. The molecule has 0 aromatic rings. The van der Waals surface area contributed by atoms with Crippen molar-refractivity contribution in [2.75, 3.05) is 26.2 Å². The lowest BCUT2D eigenvalue weighted by atomic mass is 10.4. The first-order valence-corrected chi connectivity index (χ1v) is 4.90. The summed E-state index contributed by atoms with van der Waals surface area (Å²) in [4.78, 5) is 11.2. The highest BCUT2D eigenvalue weighted by atomic mass is 16.5. The molecule has 0 aromatic carbocycles. The van der Waals surface area contributed by atoms with Gasteiger partial charge in [-0.1, -0.05) is 6.08 Å². The van der Waals surface area contributed by atoms with Crippen molar-refractivity contribution >= 4 is 5.91 Å². The van der Waals surface area contributed by atoms with Gasteiger partial charge in [0.1, 0.15) is 0 Å². The molecule has 0 aromatic heterocycles. The maximum absolute atomic E-state index is 11.2. The number of carbonyl (C=O) groups is 1. The molecule has 4 heteroatoms. The predicted octanol–water partition coefficient (Wildman–Crippen LogP) is 0.303. The van der Waals surface area contributed by atoms with Crippen LogP contribution in [0.4, 0.5) is 0 Å². The molecule has 0 aliphatic heterocycles. The molecule has 82 valence electrons. The third kappa shape index (κ3) is 7.76. The van der Waals surface area contributed by atoms with Crippen LogP contribution in [-0.4, -0.2) is 38.3 Å². The summed E-state index contributed by atoms with van der Waals surface area (Å²) in [5.74, 6) is -0.0154. The van der Waals surface area contributed by atoms with Gasteiger partial charge in [-0.3, -0.25) is 4.79 Å². The summed E-state index contributed by atoms with van der Waals surface area (Å²) in [5, 5.41) is 5.69. The molecule has 0 aliphatic carbocycles. The Morgan fingerprint density at radius 3 is 2.93 bits per heavy atom. The van der Waals surface area contributed by atoms with E-state index in [1.165, 1.54) is 0 Å². The second-order valence-corrected chi connectivity index (χ2v) is 2.99. The number of hydrogen-bond acceptors (Lipinski definition) is 3. The number of rotatable bonds is 8. The van der Waals surface area contributed by atoms with Gasteiger partial charge in [-0.2, -0.15) is 0 Å². The van der Waals surface area contributed by atoms with Crippen molar-refractivity contribution in [3.63, 3.8) is 0 Å². The normalized spacial score (nSPS) is 12.1. The minimum absolute atomic E-state index is 0.0154. The zero-order valence-electron chi connectivity index (χ0n) is 9.01. The van der Waals surface area contributed by atoms with E-state index in [4.69, 9.17) is 4.74 Å². The molecule has 4 nitrogen and oxygen atoms in total. The smallest absolute Gasteiger partial charge is 0.234 e. The fourth-order valence-electron chi connectivity index (χ4n) is 0.951. The average Bonchev–Trinajstić information content (AvgIpc) is 2.16. The molecule has 2 N–H and O–H groups in total. The summed E-state index contributed by atoms with van der Waals surface area (Å²) in [6, 6.07) is 0. The Kier molecular flexibility index (Phi) is 8.17. The van der Waals surface area contributed by atoms with Crippen LogP contribution in [0.2, 0.25) is 0 Å². The quantitative estimate of drug-likeness (QED) is 0.438. The molecule has 0 saturated heterocycles. The van der Waals surface area contributed by atoms with E-state index in [0.717, 1.165) is 0 Å². The molecule has 0 heterocycles. The van der Waals surface area contributed by atoms with Crippen LogP contribution in [0.15, 0.2) is 12.7 Å². The molecular formula is C10H20N2O2. The highest BCUT2D eigenvalue weighted by Crippen LogP contribution is 1.86. The second-order valence-electron chi connectivity index (χ2n) is 2.99. The number of nitrogens with one attached hydrogen (secondary N) is 2. The van der Waals surface area contributed by atoms with Crippen LogP contribution < -0.4 is 10.6 Å². The van der Waals surface area contributed by atoms with Crippen molar-refractivity contribution in [1.82, 2.24) is 10.6 Å². The summed E-state index contributed by atoms with van der Waals surface area (Å²) >= 11 is 0. The van der Waals surface area contributed by atoms with Gasteiger partial charge in [-0.25, -0.2) is 0 Å². The maximum Gasteiger partial charge on any atom is 0.234 e. The largest absolute Gasteiger partial charge is 0.377 e. The zero-order valence-corrected chi connectivity index (χ0v) is 9.01. The van der Waals surface area contributed by atoms with Gasteiger partial charge >= 0.3 is 0 Å². The van der Waals surface area contributed by atoms with Gasteiger partial charge in [0.05, 0.1) is 12.6 Å². The van der Waals surface area contributed by atoms with Gasteiger partial charge in [0.2, 0.25) is 5.91 Å². The first-order valence-electron chi connectivity index (χ1n) is 4.90. The first-order chi connectivity index (χ1) is 6.70. The summed E-state index contributed by atoms with van der Waals surface area (Å²) in [6.07, 6.45) is 1.79. The second kappa shape index (κ2) is 8.72. The van der Waals surface area contributed by atoms with Crippen molar-refractivity contribution in [3.8, 4) is 0 Å². The van der Waals surface area contributed by atoms with Crippen LogP contribution in [0.1, 0.15) is 13.8 Å². The minimum atomic E-state index is -0.0154. The van der Waals surface area contributed by atoms with Crippen molar-refractivity contribution in [2.45, 2.75) is 20.0 Å². The molecule has 0 rings (SSSR count). The van der Waals surface area contributed by atoms with E-state index in [-0.39, 0.29) is 12.0 Å². The molecule has 0 saturated carbocycles. The van der Waals surface area contributed by atoms with E-state index in [1.807, 2.05) is 13.8 Å². The highest BCUT2D eigenvalue weighted by molar-refractivity contribution is 5.77. The van der Waals surface area contributed by atoms with Crippen LogP contribution in [-0.2, 0) is 9.53 Å². The Morgan fingerprint density at radius 2 is 2.36 bits per heavy atom. The number of carbonyl (C=O) groups excluding carboxylic acids is 1. The Morgan fingerprint density at radius 1 is 1.64 bits per heavy atom. The topological polar surface area (TPSA) is 50.4 Å². The lowest BCUT2D eigenvalue weighted by Crippen LogP contribution is -2.38. The van der Waals surface area contributed by atoms with E-state index < -0.39 is 0 Å². The van der Waals surface area contributed by atoms with Gasteiger partial charge in [0.15, 0.2) is 0 Å². The lowest BCUT2D eigenvalue weighted by Gasteiger charge is -2.12. The van der Waals surface area contributed by atoms with E-state index in [9.17, 15) is 4.79 Å². The summed E-state index contributed by atoms with van der Waals surface area (Å²) in [6.45, 7) is 9.61. The molecule has 0 bridgehead atoms. The van der Waals surface area contributed by atoms with Crippen molar-refractivity contribution < 1.29 is 9.53 Å². The fourth-order valence-corrected chi connectivity index (χ4v) is 0.951. The summed E-state index contributed by atoms with van der Waals surface area (Å²) < 4.78 is 5.27.